The number of fused-ring (bicyclic) bond motifs is 1. The number of hydrogen-bond donors (Lipinski definition) is 1. The molecular weight excluding hydrogens is 341 g/mol. The first-order valence-electron chi connectivity index (χ1n) is 9.28. The van der Waals surface area contributed by atoms with Crippen LogP contribution in [0.2, 0.25) is 0 Å². The van der Waals surface area contributed by atoms with E-state index in [2.05, 4.69) is 6.58 Å². The van der Waals surface area contributed by atoms with Crippen molar-refractivity contribution in [2.75, 3.05) is 0 Å². The molecule has 1 aromatic carbocycles. The van der Waals surface area contributed by atoms with Crippen LogP contribution in [0.3, 0.4) is 0 Å². The second-order valence-corrected chi connectivity index (χ2v) is 7.27. The average Bonchev–Trinajstić information content (AvgIpc) is 3.47. The van der Waals surface area contributed by atoms with Crippen LogP contribution in [0, 0.1) is 11.7 Å². The Morgan fingerprint density at radius 2 is 2.11 bits per heavy atom. The van der Waals surface area contributed by atoms with E-state index in [4.69, 9.17) is 0 Å². The summed E-state index contributed by atoms with van der Waals surface area (Å²) < 4.78 is 14.3. The summed E-state index contributed by atoms with van der Waals surface area (Å²) in [5.41, 5.74) is 6.25. The normalized spacial score (nSPS) is 19.4. The highest BCUT2D eigenvalue weighted by Gasteiger charge is 2.36. The molecule has 0 amide bonds. The molecular formula is C23H22FNO2. The minimum Gasteiger partial charge on any atom is -0.478 e. The van der Waals surface area contributed by atoms with E-state index < -0.39 is 5.97 Å². The van der Waals surface area contributed by atoms with E-state index in [9.17, 15) is 14.3 Å². The molecule has 1 N–H and O–H groups in total. The van der Waals surface area contributed by atoms with Gasteiger partial charge in [-0.3, -0.25) is 0 Å². The number of aryl methyl sites for hydroxylation is 1. The summed E-state index contributed by atoms with van der Waals surface area (Å²) in [6, 6.07) is 5.38. The number of benzene rings is 1. The molecule has 138 valence electrons. The van der Waals surface area contributed by atoms with Gasteiger partial charge in [0.2, 0.25) is 0 Å². The van der Waals surface area contributed by atoms with Gasteiger partial charge in [0.15, 0.2) is 0 Å². The standard InChI is InChI=1S/C23H22FNO2/c1-4-15-5-8-17(11-21(15)24)18-9-10-25-14(3)19(23(26)27)12-20(16-6-7-16)22(25)13(18)2/h5,8-12,16H,3-4,6-7H2,1-2H3,(H,26,27). The third kappa shape index (κ3) is 2.85. The number of aliphatic carboxylic acids is 1. The van der Waals surface area contributed by atoms with E-state index in [-0.39, 0.29) is 11.4 Å². The van der Waals surface area contributed by atoms with Crippen molar-refractivity contribution in [3.63, 3.8) is 0 Å². The van der Waals surface area contributed by atoms with Gasteiger partial charge in [-0.05, 0) is 78.2 Å². The number of rotatable bonds is 4. The van der Waals surface area contributed by atoms with Crippen LogP contribution < -0.4 is 0 Å². The quantitative estimate of drug-likeness (QED) is 0.800. The molecule has 3 nitrogen and oxygen atoms in total. The van der Waals surface area contributed by atoms with E-state index in [0.717, 1.165) is 40.8 Å². The molecule has 0 atom stereocenters. The third-order valence-electron chi connectivity index (χ3n) is 5.56. The highest BCUT2D eigenvalue weighted by atomic mass is 19.1. The SMILES string of the molecule is C=C1C(C(=O)O)=CC(C2CC2)=C2C(C)=C(c3ccc(CC)c(F)c3)C=CN12. The molecule has 0 bridgehead atoms. The highest BCUT2D eigenvalue weighted by Crippen LogP contribution is 2.47. The van der Waals surface area contributed by atoms with E-state index in [1.54, 1.807) is 12.1 Å². The topological polar surface area (TPSA) is 40.5 Å². The van der Waals surface area contributed by atoms with Gasteiger partial charge in [-0.15, -0.1) is 0 Å². The number of carboxylic acid groups (broad SMARTS) is 1. The monoisotopic (exact) mass is 363 g/mol. The van der Waals surface area contributed by atoms with Crippen LogP contribution in [0.4, 0.5) is 4.39 Å². The number of carboxylic acids is 1. The lowest BCUT2D eigenvalue weighted by Crippen LogP contribution is -2.28. The van der Waals surface area contributed by atoms with Gasteiger partial charge in [-0.2, -0.15) is 0 Å². The largest absolute Gasteiger partial charge is 0.478 e. The Morgan fingerprint density at radius 1 is 1.37 bits per heavy atom. The summed E-state index contributed by atoms with van der Waals surface area (Å²) in [5, 5.41) is 9.54. The van der Waals surface area contributed by atoms with Gasteiger partial charge in [0.25, 0.3) is 0 Å². The van der Waals surface area contributed by atoms with Crippen LogP contribution >= 0.6 is 0 Å². The Hall–Kier alpha value is -2.88. The second kappa shape index (κ2) is 6.38. The average molecular weight is 363 g/mol. The smallest absolute Gasteiger partial charge is 0.337 e. The summed E-state index contributed by atoms with van der Waals surface area (Å²) in [5.74, 6) is -0.772. The van der Waals surface area contributed by atoms with Gasteiger partial charge in [0, 0.05) is 6.20 Å². The van der Waals surface area contributed by atoms with Gasteiger partial charge in [-0.25, -0.2) is 9.18 Å². The number of halogens is 1. The zero-order chi connectivity index (χ0) is 19.3. The Bertz CT molecular complexity index is 990. The number of carbonyl (C=O) groups is 1. The maximum atomic E-state index is 14.3. The zero-order valence-electron chi connectivity index (χ0n) is 15.6. The molecule has 0 spiro atoms. The van der Waals surface area contributed by atoms with Crippen molar-refractivity contribution >= 4 is 11.5 Å². The predicted molar refractivity (Wildman–Crippen MR) is 104 cm³/mol. The Kier molecular flexibility index (Phi) is 4.14. The van der Waals surface area contributed by atoms with E-state index in [1.807, 2.05) is 43.2 Å². The molecule has 4 rings (SSSR count). The summed E-state index contributed by atoms with van der Waals surface area (Å²) in [6.45, 7) is 7.95. The first-order chi connectivity index (χ1) is 12.9. The van der Waals surface area contributed by atoms with Gasteiger partial charge in [0.05, 0.1) is 17.0 Å². The molecule has 0 unspecified atom stereocenters. The van der Waals surface area contributed by atoms with E-state index >= 15 is 0 Å². The Morgan fingerprint density at radius 3 is 2.70 bits per heavy atom. The van der Waals surface area contributed by atoms with Crippen molar-refractivity contribution in [3.8, 4) is 0 Å². The fraction of sp³-hybridized carbons (Fsp3) is 0.261. The lowest BCUT2D eigenvalue weighted by Gasteiger charge is -2.36. The molecule has 0 aromatic heterocycles. The highest BCUT2D eigenvalue weighted by molar-refractivity contribution is 5.94. The summed E-state index contributed by atoms with van der Waals surface area (Å²) >= 11 is 0. The van der Waals surface area contributed by atoms with Gasteiger partial charge in [0.1, 0.15) is 5.82 Å². The van der Waals surface area contributed by atoms with E-state index in [1.165, 1.54) is 0 Å². The fourth-order valence-corrected chi connectivity index (χ4v) is 3.88. The molecule has 2 heterocycles. The van der Waals surface area contributed by atoms with E-state index in [0.29, 0.717) is 23.6 Å². The lowest BCUT2D eigenvalue weighted by atomic mass is 9.87. The molecule has 1 aliphatic carbocycles. The molecule has 1 aromatic rings. The van der Waals surface area contributed by atoms with Crippen LogP contribution in [0.1, 0.15) is 37.8 Å². The van der Waals surface area contributed by atoms with Crippen LogP contribution in [0.15, 0.2) is 71.2 Å². The van der Waals surface area contributed by atoms with Crippen LogP contribution in [-0.2, 0) is 11.2 Å². The third-order valence-corrected chi connectivity index (χ3v) is 5.56. The maximum absolute atomic E-state index is 14.3. The van der Waals surface area contributed by atoms with Crippen molar-refractivity contribution in [1.29, 1.82) is 0 Å². The minimum atomic E-state index is -0.963. The van der Waals surface area contributed by atoms with Crippen molar-refractivity contribution in [1.82, 2.24) is 4.90 Å². The van der Waals surface area contributed by atoms with Crippen LogP contribution in [0.5, 0.6) is 0 Å². The van der Waals surface area contributed by atoms with Crippen LogP contribution in [-0.4, -0.2) is 16.0 Å². The molecule has 27 heavy (non-hydrogen) atoms. The Balaban J connectivity index is 1.88. The van der Waals surface area contributed by atoms with Gasteiger partial charge >= 0.3 is 5.97 Å². The van der Waals surface area contributed by atoms with Crippen molar-refractivity contribution in [3.05, 3.63) is 88.2 Å². The zero-order valence-corrected chi connectivity index (χ0v) is 15.6. The molecule has 3 aliphatic rings. The fourth-order valence-electron chi connectivity index (χ4n) is 3.88. The molecule has 0 saturated heterocycles. The number of allylic oxidation sites excluding steroid dienone is 5. The predicted octanol–water partition coefficient (Wildman–Crippen LogP) is 5.19. The molecule has 0 radical (unpaired) electrons. The summed E-state index contributed by atoms with van der Waals surface area (Å²) in [7, 11) is 0. The second-order valence-electron chi connectivity index (χ2n) is 7.27. The number of nitrogens with zero attached hydrogens (tertiary/aromatic N) is 1. The maximum Gasteiger partial charge on any atom is 0.337 e. The first kappa shape index (κ1) is 17.5. The summed E-state index contributed by atoms with van der Waals surface area (Å²) in [4.78, 5) is 13.5. The molecule has 1 saturated carbocycles. The van der Waals surface area contributed by atoms with Crippen molar-refractivity contribution in [2.45, 2.75) is 33.1 Å². The Labute approximate surface area is 158 Å². The van der Waals surface area contributed by atoms with Crippen molar-refractivity contribution < 1.29 is 14.3 Å². The molecule has 2 aliphatic heterocycles. The molecule has 4 heteroatoms. The lowest BCUT2D eigenvalue weighted by molar-refractivity contribution is -0.132. The van der Waals surface area contributed by atoms with Crippen molar-refractivity contribution in [2.24, 2.45) is 5.92 Å². The molecule has 1 fully saturated rings. The summed E-state index contributed by atoms with van der Waals surface area (Å²) in [6.07, 6.45) is 8.33. The van der Waals surface area contributed by atoms with Gasteiger partial charge < -0.3 is 10.0 Å². The number of hydrogen-bond acceptors (Lipinski definition) is 2. The van der Waals surface area contributed by atoms with Gasteiger partial charge in [-0.1, -0.05) is 25.6 Å². The minimum absolute atomic E-state index is 0.191. The van der Waals surface area contributed by atoms with Crippen LogP contribution in [0.25, 0.3) is 5.57 Å². The first-order valence-corrected chi connectivity index (χ1v) is 9.28.